The van der Waals surface area contributed by atoms with Gasteiger partial charge in [-0.1, -0.05) is 12.1 Å². The van der Waals surface area contributed by atoms with Crippen LogP contribution in [0, 0.1) is 18.3 Å². The SMILES string of the molecule is Cc1ncnc2c1ccn2C1CC(Oc2ccccc2C#N)C(O)C1O. The van der Waals surface area contributed by atoms with Gasteiger partial charge >= 0.3 is 0 Å². The van der Waals surface area contributed by atoms with E-state index in [1.165, 1.54) is 6.33 Å². The zero-order chi connectivity index (χ0) is 18.3. The van der Waals surface area contributed by atoms with Crippen molar-refractivity contribution in [1.29, 1.82) is 5.26 Å². The molecule has 1 aliphatic rings. The van der Waals surface area contributed by atoms with E-state index >= 15 is 0 Å². The zero-order valence-corrected chi connectivity index (χ0v) is 14.1. The van der Waals surface area contributed by atoms with E-state index < -0.39 is 18.3 Å². The van der Waals surface area contributed by atoms with Crippen LogP contribution in [0.1, 0.15) is 23.7 Å². The maximum atomic E-state index is 10.6. The highest BCUT2D eigenvalue weighted by atomic mass is 16.5. The van der Waals surface area contributed by atoms with Crippen molar-refractivity contribution in [2.24, 2.45) is 0 Å². The topological polar surface area (TPSA) is 104 Å². The van der Waals surface area contributed by atoms with Crippen molar-refractivity contribution in [3.63, 3.8) is 0 Å². The van der Waals surface area contributed by atoms with Crippen molar-refractivity contribution in [2.45, 2.75) is 37.7 Å². The van der Waals surface area contributed by atoms with Gasteiger partial charge in [-0.15, -0.1) is 0 Å². The summed E-state index contributed by atoms with van der Waals surface area (Å²) in [5.41, 5.74) is 1.97. The van der Waals surface area contributed by atoms with E-state index in [9.17, 15) is 15.5 Å². The normalized spacial score (nSPS) is 25.3. The van der Waals surface area contributed by atoms with Crippen LogP contribution in [-0.4, -0.2) is 43.1 Å². The molecule has 2 N–H and O–H groups in total. The standard InChI is InChI=1S/C19H18N4O3/c1-11-13-6-7-23(19(13)22-10-21-11)14-8-16(18(25)17(14)24)26-15-5-3-2-4-12(15)9-20/h2-7,10,14,16-18,24-25H,8H2,1H3. The summed E-state index contributed by atoms with van der Waals surface area (Å²) >= 11 is 0. The molecule has 26 heavy (non-hydrogen) atoms. The summed E-state index contributed by atoms with van der Waals surface area (Å²) in [6, 6.07) is 10.5. The van der Waals surface area contributed by atoms with Gasteiger partial charge in [-0.25, -0.2) is 9.97 Å². The van der Waals surface area contributed by atoms with Crippen LogP contribution in [-0.2, 0) is 0 Å². The Balaban J connectivity index is 1.64. The first kappa shape index (κ1) is 16.5. The Bertz CT molecular complexity index is 994. The summed E-state index contributed by atoms with van der Waals surface area (Å²) in [7, 11) is 0. The number of hydrogen-bond donors (Lipinski definition) is 2. The Labute approximate surface area is 150 Å². The number of nitriles is 1. The Kier molecular flexibility index (Phi) is 4.07. The van der Waals surface area contributed by atoms with E-state index in [-0.39, 0.29) is 6.04 Å². The average molecular weight is 350 g/mol. The molecule has 0 radical (unpaired) electrons. The maximum absolute atomic E-state index is 10.6. The molecule has 1 aromatic carbocycles. The Hall–Kier alpha value is -2.95. The minimum Gasteiger partial charge on any atom is -0.486 e. The third kappa shape index (κ3) is 2.60. The predicted octanol–water partition coefficient (Wildman–Crippen LogP) is 1.73. The number of rotatable bonds is 3. The lowest BCUT2D eigenvalue weighted by Gasteiger charge is -2.19. The van der Waals surface area contributed by atoms with Crippen molar-refractivity contribution in [2.75, 3.05) is 0 Å². The second kappa shape index (κ2) is 6.41. The highest BCUT2D eigenvalue weighted by molar-refractivity contribution is 5.78. The number of fused-ring (bicyclic) bond motifs is 1. The zero-order valence-electron chi connectivity index (χ0n) is 14.1. The molecule has 132 valence electrons. The smallest absolute Gasteiger partial charge is 0.143 e. The lowest BCUT2D eigenvalue weighted by atomic mass is 10.2. The predicted molar refractivity (Wildman–Crippen MR) is 93.5 cm³/mol. The van der Waals surface area contributed by atoms with Gasteiger partial charge in [0.25, 0.3) is 0 Å². The Morgan fingerprint density at radius 2 is 2.00 bits per heavy atom. The van der Waals surface area contributed by atoms with Gasteiger partial charge in [0.05, 0.1) is 17.3 Å². The van der Waals surface area contributed by atoms with E-state index in [0.29, 0.717) is 23.4 Å². The van der Waals surface area contributed by atoms with Crippen molar-refractivity contribution in [3.8, 4) is 11.8 Å². The van der Waals surface area contributed by atoms with Crippen LogP contribution in [0.25, 0.3) is 11.0 Å². The van der Waals surface area contributed by atoms with Gasteiger partial charge in [0.1, 0.15) is 42.1 Å². The lowest BCUT2D eigenvalue weighted by molar-refractivity contribution is -0.0164. The quantitative estimate of drug-likeness (QED) is 0.745. The number of aromatic nitrogens is 3. The molecule has 4 atom stereocenters. The molecule has 0 aliphatic heterocycles. The molecule has 0 spiro atoms. The van der Waals surface area contributed by atoms with Gasteiger partial charge in [-0.2, -0.15) is 5.26 Å². The van der Waals surface area contributed by atoms with Crippen LogP contribution in [0.3, 0.4) is 0 Å². The third-order valence-electron chi connectivity index (χ3n) is 4.95. The molecule has 2 heterocycles. The summed E-state index contributed by atoms with van der Waals surface area (Å²) < 4.78 is 7.72. The minimum absolute atomic E-state index is 0.379. The van der Waals surface area contributed by atoms with E-state index in [2.05, 4.69) is 16.0 Å². The van der Waals surface area contributed by atoms with Gasteiger partial charge in [-0.3, -0.25) is 0 Å². The summed E-state index contributed by atoms with van der Waals surface area (Å²) in [5, 5.41) is 31.2. The number of para-hydroxylation sites is 1. The first-order valence-electron chi connectivity index (χ1n) is 8.40. The van der Waals surface area contributed by atoms with Gasteiger partial charge in [0.2, 0.25) is 0 Å². The minimum atomic E-state index is -1.06. The highest BCUT2D eigenvalue weighted by Gasteiger charge is 2.44. The number of ether oxygens (including phenoxy) is 1. The molecule has 0 amide bonds. The molecular formula is C19H18N4O3. The van der Waals surface area contributed by atoms with E-state index in [4.69, 9.17) is 4.74 Å². The van der Waals surface area contributed by atoms with Crippen LogP contribution in [0.4, 0.5) is 0 Å². The molecule has 3 aromatic rings. The highest BCUT2D eigenvalue weighted by Crippen LogP contribution is 2.36. The maximum Gasteiger partial charge on any atom is 0.143 e. The van der Waals surface area contributed by atoms with E-state index in [1.807, 2.05) is 23.8 Å². The fraction of sp³-hybridized carbons (Fsp3) is 0.316. The molecule has 7 nitrogen and oxygen atoms in total. The largest absolute Gasteiger partial charge is 0.486 e. The van der Waals surface area contributed by atoms with E-state index in [0.717, 1.165) is 11.1 Å². The first-order valence-corrected chi connectivity index (χ1v) is 8.40. The van der Waals surface area contributed by atoms with Crippen LogP contribution in [0.5, 0.6) is 5.75 Å². The summed E-state index contributed by atoms with van der Waals surface area (Å²) in [4.78, 5) is 8.50. The lowest BCUT2D eigenvalue weighted by Crippen LogP contribution is -2.34. The Morgan fingerprint density at radius 1 is 1.19 bits per heavy atom. The molecular weight excluding hydrogens is 332 g/mol. The van der Waals surface area contributed by atoms with E-state index in [1.54, 1.807) is 24.3 Å². The number of aliphatic hydroxyl groups is 2. The first-order chi connectivity index (χ1) is 12.6. The fourth-order valence-corrected chi connectivity index (χ4v) is 3.55. The molecule has 1 aliphatic carbocycles. The monoisotopic (exact) mass is 350 g/mol. The Morgan fingerprint density at radius 3 is 2.81 bits per heavy atom. The van der Waals surface area contributed by atoms with Crippen LogP contribution in [0.2, 0.25) is 0 Å². The van der Waals surface area contributed by atoms with Crippen molar-refractivity contribution in [1.82, 2.24) is 14.5 Å². The van der Waals surface area contributed by atoms with Crippen molar-refractivity contribution >= 4 is 11.0 Å². The molecule has 2 aromatic heterocycles. The average Bonchev–Trinajstić information content (AvgIpc) is 3.20. The summed E-state index contributed by atoms with van der Waals surface area (Å²) in [6.07, 6.45) is 1.05. The molecule has 0 saturated heterocycles. The number of aryl methyl sites for hydroxylation is 1. The molecule has 1 saturated carbocycles. The molecule has 0 bridgehead atoms. The van der Waals surface area contributed by atoms with Gasteiger partial charge < -0.3 is 19.5 Å². The van der Waals surface area contributed by atoms with Crippen LogP contribution < -0.4 is 4.74 Å². The van der Waals surface area contributed by atoms with Crippen LogP contribution in [0.15, 0.2) is 42.9 Å². The molecule has 4 rings (SSSR count). The van der Waals surface area contributed by atoms with Gasteiger partial charge in [0, 0.05) is 18.0 Å². The third-order valence-corrected chi connectivity index (χ3v) is 4.95. The molecule has 1 fully saturated rings. The summed E-state index contributed by atoms with van der Waals surface area (Å²) in [6.45, 7) is 1.90. The van der Waals surface area contributed by atoms with Crippen molar-refractivity contribution < 1.29 is 14.9 Å². The number of benzene rings is 1. The van der Waals surface area contributed by atoms with Gasteiger partial charge in [0.15, 0.2) is 0 Å². The summed E-state index contributed by atoms with van der Waals surface area (Å²) in [5.74, 6) is 0.405. The fourth-order valence-electron chi connectivity index (χ4n) is 3.55. The molecule has 4 unspecified atom stereocenters. The number of aliphatic hydroxyl groups excluding tert-OH is 2. The van der Waals surface area contributed by atoms with Gasteiger partial charge in [-0.05, 0) is 25.1 Å². The second-order valence-corrected chi connectivity index (χ2v) is 6.47. The van der Waals surface area contributed by atoms with Crippen LogP contribution >= 0.6 is 0 Å². The number of nitrogens with zero attached hydrogens (tertiary/aromatic N) is 4. The number of hydrogen-bond acceptors (Lipinski definition) is 6. The molecule has 7 heteroatoms. The van der Waals surface area contributed by atoms with Crippen molar-refractivity contribution in [3.05, 3.63) is 54.1 Å². The second-order valence-electron chi connectivity index (χ2n) is 6.47.